The van der Waals surface area contributed by atoms with Crippen LogP contribution in [0.25, 0.3) is 77.2 Å². The Morgan fingerprint density at radius 2 is 1.00 bits per heavy atom. The van der Waals surface area contributed by atoms with Gasteiger partial charge in [0.1, 0.15) is 11.2 Å². The van der Waals surface area contributed by atoms with Crippen molar-refractivity contribution in [3.63, 3.8) is 0 Å². The van der Waals surface area contributed by atoms with Crippen LogP contribution >= 0.6 is 0 Å². The van der Waals surface area contributed by atoms with Gasteiger partial charge >= 0.3 is 0 Å². The van der Waals surface area contributed by atoms with Crippen molar-refractivity contribution < 1.29 is 4.42 Å². The Kier molecular flexibility index (Phi) is 9.49. The summed E-state index contributed by atoms with van der Waals surface area (Å²) in [5.74, 6) is 0.307. The van der Waals surface area contributed by atoms with E-state index in [9.17, 15) is 0 Å². The molecule has 1 aromatic heterocycles. The molecular formula is C62H45NO. The molecule has 0 spiro atoms. The lowest BCUT2D eigenvalue weighted by molar-refractivity contribution is 0.627. The third kappa shape index (κ3) is 6.85. The summed E-state index contributed by atoms with van der Waals surface area (Å²) < 4.78 is 6.68. The van der Waals surface area contributed by atoms with E-state index in [0.717, 1.165) is 52.9 Å². The highest BCUT2D eigenvalue weighted by Crippen LogP contribution is 2.50. The Hall–Kier alpha value is -7.94. The summed E-state index contributed by atoms with van der Waals surface area (Å²) in [5.41, 5.74) is 19.4. The first-order valence-corrected chi connectivity index (χ1v) is 22.5. The number of nitrogens with zero attached hydrogens (tertiary/aromatic N) is 1. The van der Waals surface area contributed by atoms with Crippen molar-refractivity contribution in [3.05, 3.63) is 247 Å². The molecule has 0 bridgehead atoms. The molecule has 64 heavy (non-hydrogen) atoms. The van der Waals surface area contributed by atoms with E-state index in [-0.39, 0.29) is 0 Å². The largest absolute Gasteiger partial charge is 0.456 e. The number of furan rings is 1. The maximum absolute atomic E-state index is 6.68. The van der Waals surface area contributed by atoms with Crippen molar-refractivity contribution in [3.8, 4) is 44.5 Å². The molecule has 2 heteroatoms. The summed E-state index contributed by atoms with van der Waals surface area (Å²) in [7, 11) is 0. The minimum Gasteiger partial charge on any atom is -0.456 e. The lowest BCUT2D eigenvalue weighted by atomic mass is 9.82. The van der Waals surface area contributed by atoms with Crippen molar-refractivity contribution >= 4 is 49.8 Å². The molecule has 1 atom stereocenters. The van der Waals surface area contributed by atoms with E-state index >= 15 is 0 Å². The molecule has 0 N–H and O–H groups in total. The lowest BCUT2D eigenvalue weighted by Gasteiger charge is -2.26. The summed E-state index contributed by atoms with van der Waals surface area (Å²) in [5, 5.41) is 4.85. The molecule has 304 valence electrons. The van der Waals surface area contributed by atoms with Gasteiger partial charge in [-0.15, -0.1) is 0 Å². The van der Waals surface area contributed by atoms with Gasteiger partial charge in [0, 0.05) is 33.4 Å². The van der Waals surface area contributed by atoms with E-state index < -0.39 is 0 Å². The van der Waals surface area contributed by atoms with Crippen LogP contribution in [-0.2, 0) is 12.8 Å². The van der Waals surface area contributed by atoms with Gasteiger partial charge in [0.2, 0.25) is 0 Å². The van der Waals surface area contributed by atoms with E-state index in [0.29, 0.717) is 5.92 Å². The van der Waals surface area contributed by atoms with Gasteiger partial charge in [0.05, 0.1) is 0 Å². The molecule has 1 heterocycles. The first-order chi connectivity index (χ1) is 31.7. The van der Waals surface area contributed by atoms with E-state index in [1.807, 2.05) is 0 Å². The Labute approximate surface area is 374 Å². The van der Waals surface area contributed by atoms with Gasteiger partial charge in [-0.1, -0.05) is 170 Å². The summed E-state index contributed by atoms with van der Waals surface area (Å²) in [6.45, 7) is 0. The Morgan fingerprint density at radius 1 is 0.422 bits per heavy atom. The van der Waals surface area contributed by atoms with Gasteiger partial charge in [0.25, 0.3) is 0 Å². The smallest absolute Gasteiger partial charge is 0.136 e. The first kappa shape index (κ1) is 37.8. The van der Waals surface area contributed by atoms with Gasteiger partial charge in [-0.25, -0.2) is 0 Å². The van der Waals surface area contributed by atoms with Crippen LogP contribution in [-0.4, -0.2) is 0 Å². The molecule has 10 aromatic carbocycles. The van der Waals surface area contributed by atoms with Gasteiger partial charge < -0.3 is 9.32 Å². The normalized spacial score (nSPS) is 13.4. The highest BCUT2D eigenvalue weighted by atomic mass is 16.3. The maximum atomic E-state index is 6.68. The average Bonchev–Trinajstić information content (AvgIpc) is 3.67. The fraction of sp³-hybridized carbons (Fsp3) is 0.0645. The number of hydrogen-bond acceptors (Lipinski definition) is 2. The third-order valence-corrected chi connectivity index (χ3v) is 13.3. The molecule has 12 rings (SSSR count). The molecule has 2 nitrogen and oxygen atoms in total. The molecule has 1 unspecified atom stereocenters. The zero-order valence-corrected chi connectivity index (χ0v) is 35.5. The molecule has 0 aliphatic heterocycles. The Balaban J connectivity index is 0.969. The number of para-hydroxylation sites is 2. The van der Waals surface area contributed by atoms with Crippen LogP contribution in [0.2, 0.25) is 0 Å². The van der Waals surface area contributed by atoms with E-state index in [1.165, 1.54) is 77.4 Å². The SMILES string of the molecule is c1ccc(-c2ccc(N(c3ccccc3)c3ccc(CC4CCc5cc6oc7ccccc7c6c(-c6ccccc6)c5-c5cc(-c6ccc7ccccc7c6)ccc54)cc3)cc2)cc1. The van der Waals surface area contributed by atoms with Gasteiger partial charge in [0.15, 0.2) is 0 Å². The molecule has 1 aliphatic rings. The predicted octanol–water partition coefficient (Wildman–Crippen LogP) is 17.1. The van der Waals surface area contributed by atoms with Crippen LogP contribution in [0.3, 0.4) is 0 Å². The van der Waals surface area contributed by atoms with Crippen LogP contribution in [0.5, 0.6) is 0 Å². The Morgan fingerprint density at radius 3 is 1.77 bits per heavy atom. The topological polar surface area (TPSA) is 16.4 Å². The third-order valence-electron chi connectivity index (χ3n) is 13.3. The van der Waals surface area contributed by atoms with Crippen LogP contribution in [0, 0.1) is 0 Å². The van der Waals surface area contributed by atoms with Crippen LogP contribution < -0.4 is 4.90 Å². The van der Waals surface area contributed by atoms with Crippen molar-refractivity contribution in [2.45, 2.75) is 25.2 Å². The van der Waals surface area contributed by atoms with Gasteiger partial charge in [-0.05, 0) is 152 Å². The minimum atomic E-state index is 0.307. The minimum absolute atomic E-state index is 0.307. The summed E-state index contributed by atoms with van der Waals surface area (Å²) in [6, 6.07) is 84.2. The van der Waals surface area contributed by atoms with Crippen LogP contribution in [0.4, 0.5) is 17.1 Å². The fourth-order valence-electron chi connectivity index (χ4n) is 10.2. The predicted molar refractivity (Wildman–Crippen MR) is 269 cm³/mol. The van der Waals surface area contributed by atoms with E-state index in [4.69, 9.17) is 4.42 Å². The second kappa shape index (κ2) is 16.1. The summed E-state index contributed by atoms with van der Waals surface area (Å²) in [6.07, 6.45) is 2.92. The number of fused-ring (bicyclic) bond motifs is 7. The second-order valence-corrected chi connectivity index (χ2v) is 17.2. The summed E-state index contributed by atoms with van der Waals surface area (Å²) >= 11 is 0. The molecule has 0 saturated carbocycles. The van der Waals surface area contributed by atoms with Crippen LogP contribution in [0.1, 0.15) is 29.0 Å². The van der Waals surface area contributed by atoms with Crippen LogP contribution in [0.15, 0.2) is 235 Å². The molecule has 0 fully saturated rings. The Bertz CT molecular complexity index is 3440. The second-order valence-electron chi connectivity index (χ2n) is 17.2. The van der Waals surface area contributed by atoms with Crippen molar-refractivity contribution in [1.82, 2.24) is 0 Å². The standard InChI is InChI=1S/C62H45NO/c1-4-14-43(15-5-1)45-30-35-54(36-31-45)63(52-20-8-3-9-21-52)53-33-24-42(25-34-53)38-50-28-29-51-41-59-62(56-22-12-13-23-58(56)64-59)61(46-17-6-2-7-18-46)60(51)57-40-49(32-37-55(50)57)48-27-26-44-16-10-11-19-47(44)39-48/h1-27,30-37,39-41,50H,28-29,38H2. The van der Waals surface area contributed by atoms with Crippen molar-refractivity contribution in [2.75, 3.05) is 4.90 Å². The van der Waals surface area contributed by atoms with Crippen molar-refractivity contribution in [2.24, 2.45) is 0 Å². The number of aryl methyl sites for hydroxylation is 1. The van der Waals surface area contributed by atoms with Gasteiger partial charge in [-0.2, -0.15) is 0 Å². The average molecular weight is 820 g/mol. The van der Waals surface area contributed by atoms with E-state index in [1.54, 1.807) is 0 Å². The number of benzene rings is 10. The maximum Gasteiger partial charge on any atom is 0.136 e. The monoisotopic (exact) mass is 819 g/mol. The summed E-state index contributed by atoms with van der Waals surface area (Å²) in [4.78, 5) is 2.36. The number of anilines is 3. The highest BCUT2D eigenvalue weighted by molar-refractivity contribution is 6.17. The van der Waals surface area contributed by atoms with Crippen molar-refractivity contribution in [1.29, 1.82) is 0 Å². The zero-order chi connectivity index (χ0) is 42.4. The lowest BCUT2D eigenvalue weighted by Crippen LogP contribution is -2.10. The molecule has 0 radical (unpaired) electrons. The molecule has 0 amide bonds. The number of rotatable bonds is 8. The van der Waals surface area contributed by atoms with E-state index in [2.05, 4.69) is 235 Å². The molecule has 11 aromatic rings. The number of hydrogen-bond donors (Lipinski definition) is 0. The molecule has 0 saturated heterocycles. The first-order valence-electron chi connectivity index (χ1n) is 22.5. The fourth-order valence-corrected chi connectivity index (χ4v) is 10.2. The quantitative estimate of drug-likeness (QED) is 0.152. The van der Waals surface area contributed by atoms with Gasteiger partial charge in [-0.3, -0.25) is 0 Å². The molecular weight excluding hydrogens is 775 g/mol. The highest BCUT2D eigenvalue weighted by Gasteiger charge is 2.29. The molecule has 1 aliphatic carbocycles. The zero-order valence-electron chi connectivity index (χ0n) is 35.5.